The average molecular weight is 588 g/mol. The third-order valence-corrected chi connectivity index (χ3v) is 7.55. The van der Waals surface area contributed by atoms with Crippen molar-refractivity contribution in [3.05, 3.63) is 70.8 Å². The third kappa shape index (κ3) is 7.72. The Morgan fingerprint density at radius 3 is 2.34 bits per heavy atom. The number of sulfonamides is 1. The highest BCUT2D eigenvalue weighted by molar-refractivity contribution is 7.90. The van der Waals surface area contributed by atoms with E-state index in [1.165, 1.54) is 30.3 Å². The van der Waals surface area contributed by atoms with Gasteiger partial charge >= 0.3 is 12.1 Å². The molecule has 41 heavy (non-hydrogen) atoms. The van der Waals surface area contributed by atoms with Crippen molar-refractivity contribution >= 4 is 22.1 Å². The van der Waals surface area contributed by atoms with Gasteiger partial charge in [-0.1, -0.05) is 65.0 Å². The van der Waals surface area contributed by atoms with Crippen LogP contribution in [0.2, 0.25) is 0 Å². The van der Waals surface area contributed by atoms with Crippen molar-refractivity contribution in [1.29, 1.82) is 0 Å². The molecule has 3 rings (SSSR count). The van der Waals surface area contributed by atoms with E-state index >= 15 is 4.39 Å². The minimum absolute atomic E-state index is 0.0225. The Balaban J connectivity index is 2.00. The molecule has 0 radical (unpaired) electrons. The minimum atomic E-state index is -4.35. The SMILES string of the molecule is CCCn1nc(C(C)C)c(C(=O)OCC)c1Cc1ccc(-c2ccccc2S(=O)(=O)NC(=O)OCC(C)C)c(F)c1. The number of rotatable bonds is 12. The largest absolute Gasteiger partial charge is 0.462 e. The summed E-state index contributed by atoms with van der Waals surface area (Å²) in [6.07, 6.45) is -0.105. The van der Waals surface area contributed by atoms with E-state index in [-0.39, 0.29) is 47.5 Å². The number of ether oxygens (including phenoxy) is 2. The van der Waals surface area contributed by atoms with Crippen molar-refractivity contribution in [2.75, 3.05) is 13.2 Å². The highest BCUT2D eigenvalue weighted by atomic mass is 32.2. The summed E-state index contributed by atoms with van der Waals surface area (Å²) in [5.74, 6) is -1.13. The molecule has 0 aliphatic heterocycles. The lowest BCUT2D eigenvalue weighted by Crippen LogP contribution is -2.32. The summed E-state index contributed by atoms with van der Waals surface area (Å²) in [6.45, 7) is 12.1. The van der Waals surface area contributed by atoms with Crippen molar-refractivity contribution in [3.8, 4) is 11.1 Å². The Kier molecular flexibility index (Phi) is 10.7. The van der Waals surface area contributed by atoms with Crippen LogP contribution in [0.3, 0.4) is 0 Å². The van der Waals surface area contributed by atoms with Crippen molar-refractivity contribution < 1.29 is 31.9 Å². The lowest BCUT2D eigenvalue weighted by atomic mass is 9.98. The van der Waals surface area contributed by atoms with Gasteiger partial charge < -0.3 is 9.47 Å². The Morgan fingerprint density at radius 2 is 1.73 bits per heavy atom. The standard InChI is InChI=1S/C30H38FN3O6S/c1-7-15-34-25(27(29(35)39-8-2)28(32-34)20(5)6)17-21-13-14-22(24(31)16-21)23-11-9-10-12-26(23)41(37,38)33-30(36)40-18-19(3)4/h9-14,16,19-20H,7-8,15,17-18H2,1-6H3,(H,33,36). The van der Waals surface area contributed by atoms with Gasteiger partial charge in [0.2, 0.25) is 0 Å². The second-order valence-corrected chi connectivity index (χ2v) is 12.0. The second kappa shape index (κ2) is 13.8. The van der Waals surface area contributed by atoms with E-state index in [0.717, 1.165) is 6.42 Å². The number of benzene rings is 2. The predicted octanol–water partition coefficient (Wildman–Crippen LogP) is 6.06. The number of halogens is 1. The number of nitrogens with one attached hydrogen (secondary N) is 1. The molecule has 0 fully saturated rings. The predicted molar refractivity (Wildman–Crippen MR) is 154 cm³/mol. The van der Waals surface area contributed by atoms with Crippen molar-refractivity contribution in [2.24, 2.45) is 5.92 Å². The van der Waals surface area contributed by atoms with Crippen LogP contribution < -0.4 is 4.72 Å². The molecule has 2 aromatic carbocycles. The zero-order valence-electron chi connectivity index (χ0n) is 24.4. The highest BCUT2D eigenvalue weighted by Gasteiger charge is 2.27. The first-order valence-corrected chi connectivity index (χ1v) is 15.2. The quantitative estimate of drug-likeness (QED) is 0.256. The van der Waals surface area contributed by atoms with Crippen LogP contribution in [0.5, 0.6) is 0 Å². The Hall–Kier alpha value is -3.73. The molecule has 0 aliphatic rings. The number of hydrogen-bond donors (Lipinski definition) is 1. The van der Waals surface area contributed by atoms with Crippen LogP contribution >= 0.6 is 0 Å². The van der Waals surface area contributed by atoms with Gasteiger partial charge in [0.25, 0.3) is 10.0 Å². The van der Waals surface area contributed by atoms with Crippen LogP contribution in [-0.4, -0.2) is 43.5 Å². The number of aromatic nitrogens is 2. The number of carbonyl (C=O) groups excluding carboxylic acids is 2. The highest BCUT2D eigenvalue weighted by Crippen LogP contribution is 2.31. The molecule has 3 aromatic rings. The molecule has 1 amide bonds. The summed E-state index contributed by atoms with van der Waals surface area (Å²) >= 11 is 0. The van der Waals surface area contributed by atoms with Gasteiger partial charge in [-0.3, -0.25) is 4.68 Å². The molecule has 0 unspecified atom stereocenters. The summed E-state index contributed by atoms with van der Waals surface area (Å²) in [7, 11) is -4.35. The number of amides is 1. The molecule has 0 bridgehead atoms. The molecule has 1 heterocycles. The molecular weight excluding hydrogens is 549 g/mol. The fourth-order valence-corrected chi connectivity index (χ4v) is 5.48. The second-order valence-electron chi connectivity index (χ2n) is 10.4. The first-order valence-electron chi connectivity index (χ1n) is 13.7. The van der Waals surface area contributed by atoms with Gasteiger partial charge in [-0.2, -0.15) is 5.10 Å². The Bertz CT molecular complexity index is 1500. The van der Waals surface area contributed by atoms with Crippen molar-refractivity contribution in [3.63, 3.8) is 0 Å². The first-order chi connectivity index (χ1) is 19.4. The van der Waals surface area contributed by atoms with Gasteiger partial charge in [-0.05, 0) is 42.9 Å². The Labute approximate surface area is 241 Å². The monoisotopic (exact) mass is 587 g/mol. The van der Waals surface area contributed by atoms with Crippen LogP contribution in [0.4, 0.5) is 9.18 Å². The van der Waals surface area contributed by atoms with E-state index in [9.17, 15) is 18.0 Å². The molecule has 1 aromatic heterocycles. The van der Waals surface area contributed by atoms with Crippen LogP contribution in [0.15, 0.2) is 47.4 Å². The fourth-order valence-electron chi connectivity index (χ4n) is 4.36. The molecular formula is C30H38FN3O6S. The van der Waals surface area contributed by atoms with E-state index in [2.05, 4.69) is 5.10 Å². The lowest BCUT2D eigenvalue weighted by molar-refractivity contribution is 0.0523. The van der Waals surface area contributed by atoms with Crippen LogP contribution in [0.1, 0.15) is 81.2 Å². The van der Waals surface area contributed by atoms with Gasteiger partial charge in [0.05, 0.1) is 29.5 Å². The van der Waals surface area contributed by atoms with Gasteiger partial charge in [0.15, 0.2) is 0 Å². The molecule has 0 atom stereocenters. The van der Waals surface area contributed by atoms with Gasteiger partial charge in [0.1, 0.15) is 11.4 Å². The minimum Gasteiger partial charge on any atom is -0.462 e. The topological polar surface area (TPSA) is 117 Å². The summed E-state index contributed by atoms with van der Waals surface area (Å²) in [5.41, 5.74) is 2.36. The molecule has 0 spiro atoms. The normalized spacial score (nSPS) is 11.6. The zero-order valence-corrected chi connectivity index (χ0v) is 25.2. The van der Waals surface area contributed by atoms with E-state index in [1.54, 1.807) is 23.7 Å². The van der Waals surface area contributed by atoms with E-state index in [1.807, 2.05) is 39.3 Å². The van der Waals surface area contributed by atoms with Gasteiger partial charge in [0, 0.05) is 24.1 Å². The smallest absolute Gasteiger partial charge is 0.421 e. The maximum absolute atomic E-state index is 15.6. The fraction of sp³-hybridized carbons (Fsp3) is 0.433. The summed E-state index contributed by atoms with van der Waals surface area (Å²) in [6, 6.07) is 10.3. The number of carbonyl (C=O) groups is 2. The zero-order chi connectivity index (χ0) is 30.3. The molecule has 11 heteroatoms. The third-order valence-electron chi connectivity index (χ3n) is 6.18. The van der Waals surface area contributed by atoms with Crippen molar-refractivity contribution in [2.45, 2.75) is 71.7 Å². The number of nitrogens with zero attached hydrogens (tertiary/aromatic N) is 2. The summed E-state index contributed by atoms with van der Waals surface area (Å²) < 4.78 is 55.6. The molecule has 1 N–H and O–H groups in total. The summed E-state index contributed by atoms with van der Waals surface area (Å²) in [5, 5.41) is 4.68. The van der Waals surface area contributed by atoms with E-state index < -0.39 is 27.9 Å². The maximum atomic E-state index is 15.6. The first kappa shape index (κ1) is 31.8. The van der Waals surface area contributed by atoms with Crippen molar-refractivity contribution in [1.82, 2.24) is 14.5 Å². The average Bonchev–Trinajstić information content (AvgIpc) is 3.26. The molecule has 9 nitrogen and oxygen atoms in total. The molecule has 0 saturated carbocycles. The Morgan fingerprint density at radius 1 is 1.02 bits per heavy atom. The van der Waals surface area contributed by atoms with E-state index in [4.69, 9.17) is 9.47 Å². The molecule has 0 saturated heterocycles. The number of esters is 1. The van der Waals surface area contributed by atoms with E-state index in [0.29, 0.717) is 29.1 Å². The summed E-state index contributed by atoms with van der Waals surface area (Å²) in [4.78, 5) is 24.8. The van der Waals surface area contributed by atoms with Gasteiger partial charge in [-0.15, -0.1) is 0 Å². The van der Waals surface area contributed by atoms with Crippen LogP contribution in [0, 0.1) is 11.7 Å². The lowest BCUT2D eigenvalue weighted by Gasteiger charge is -2.14. The maximum Gasteiger partial charge on any atom is 0.421 e. The van der Waals surface area contributed by atoms with Gasteiger partial charge in [-0.25, -0.2) is 27.1 Å². The molecule has 222 valence electrons. The van der Waals surface area contributed by atoms with Crippen LogP contribution in [0.25, 0.3) is 11.1 Å². The molecule has 0 aliphatic carbocycles. The number of hydrogen-bond acceptors (Lipinski definition) is 7. The van der Waals surface area contributed by atoms with Crippen LogP contribution in [-0.2, 0) is 32.5 Å². The number of aryl methyl sites for hydroxylation is 1.